The van der Waals surface area contributed by atoms with Crippen molar-refractivity contribution in [2.24, 2.45) is 5.92 Å². The Kier molecular flexibility index (Phi) is 6.79. The summed E-state index contributed by atoms with van der Waals surface area (Å²) in [4.78, 5) is 17.1. The quantitative estimate of drug-likeness (QED) is 0.375. The highest BCUT2D eigenvalue weighted by Crippen LogP contribution is 2.33. The maximum Gasteiger partial charge on any atom is 0.238 e. The van der Waals surface area contributed by atoms with Crippen LogP contribution >= 0.6 is 35.4 Å². The molecule has 1 fully saturated rings. The molecule has 0 N–H and O–H groups in total. The third-order valence-corrected chi connectivity index (χ3v) is 6.69. The number of carbonyl (C=O) groups is 1. The van der Waals surface area contributed by atoms with E-state index >= 15 is 0 Å². The van der Waals surface area contributed by atoms with Crippen LogP contribution in [0.1, 0.15) is 24.1 Å². The van der Waals surface area contributed by atoms with Gasteiger partial charge in [0.15, 0.2) is 5.11 Å². The van der Waals surface area contributed by atoms with Gasteiger partial charge in [-0.3, -0.25) is 9.69 Å². The standard InChI is InChI=1S/C25H21Cl2FN2OS/c1-16(18-5-3-2-4-6-18)29-15-19(13-17-7-9-20(26)10-8-17)24(31)30(25(29)32)21-11-12-23(28)22(27)14-21/h2-12,14,16,19H,13,15H2,1H3/t16-,19+/m1/s1. The van der Waals surface area contributed by atoms with Crippen LogP contribution in [0.15, 0.2) is 72.8 Å². The molecule has 0 saturated carbocycles. The summed E-state index contributed by atoms with van der Waals surface area (Å²) in [6.45, 7) is 2.54. The van der Waals surface area contributed by atoms with E-state index < -0.39 is 5.82 Å². The zero-order valence-electron chi connectivity index (χ0n) is 17.3. The summed E-state index contributed by atoms with van der Waals surface area (Å²) in [5.74, 6) is -1.03. The summed E-state index contributed by atoms with van der Waals surface area (Å²) in [5, 5.41) is 0.966. The van der Waals surface area contributed by atoms with Gasteiger partial charge in [-0.05, 0) is 67.0 Å². The summed E-state index contributed by atoms with van der Waals surface area (Å²) < 4.78 is 13.8. The SMILES string of the molecule is C[C@H](c1ccccc1)N1C[C@H](Cc2ccc(Cl)cc2)C(=O)N(c2ccc(F)c(Cl)c2)C1=S. The Balaban J connectivity index is 1.71. The first-order valence-electron chi connectivity index (χ1n) is 10.2. The minimum absolute atomic E-state index is 0.0528. The summed E-state index contributed by atoms with van der Waals surface area (Å²) in [6.07, 6.45) is 0.530. The number of amides is 1. The molecular formula is C25H21Cl2FN2OS. The van der Waals surface area contributed by atoms with Crippen molar-refractivity contribution >= 4 is 52.1 Å². The number of benzene rings is 3. The topological polar surface area (TPSA) is 23.6 Å². The Hall–Kier alpha value is -2.47. The molecule has 1 aliphatic rings. The van der Waals surface area contributed by atoms with Gasteiger partial charge in [0, 0.05) is 11.6 Å². The molecule has 164 valence electrons. The van der Waals surface area contributed by atoms with E-state index in [4.69, 9.17) is 35.4 Å². The molecular weight excluding hydrogens is 466 g/mol. The lowest BCUT2D eigenvalue weighted by molar-refractivity contribution is -0.123. The van der Waals surface area contributed by atoms with Crippen molar-refractivity contribution in [2.45, 2.75) is 19.4 Å². The van der Waals surface area contributed by atoms with E-state index in [-0.39, 0.29) is 22.9 Å². The smallest absolute Gasteiger partial charge is 0.238 e. The molecule has 1 amide bonds. The first-order valence-corrected chi connectivity index (χ1v) is 11.4. The van der Waals surface area contributed by atoms with Crippen molar-refractivity contribution in [3.63, 3.8) is 0 Å². The van der Waals surface area contributed by atoms with E-state index in [0.717, 1.165) is 11.1 Å². The second kappa shape index (κ2) is 9.57. The predicted octanol–water partition coefficient (Wildman–Crippen LogP) is 6.69. The van der Waals surface area contributed by atoms with E-state index in [9.17, 15) is 9.18 Å². The Morgan fingerprint density at radius 2 is 1.75 bits per heavy atom. The molecule has 1 aliphatic heterocycles. The van der Waals surface area contributed by atoms with Crippen molar-refractivity contribution in [1.29, 1.82) is 0 Å². The molecule has 3 aromatic carbocycles. The van der Waals surface area contributed by atoms with Crippen LogP contribution in [0.3, 0.4) is 0 Å². The third-order valence-electron chi connectivity index (χ3n) is 5.73. The lowest BCUT2D eigenvalue weighted by atomic mass is 9.94. The van der Waals surface area contributed by atoms with Crippen LogP contribution in [-0.2, 0) is 11.2 Å². The minimum Gasteiger partial charge on any atom is -0.341 e. The molecule has 0 aromatic heterocycles. The molecule has 0 aliphatic carbocycles. The molecule has 4 rings (SSSR count). The fourth-order valence-electron chi connectivity index (χ4n) is 3.95. The zero-order valence-corrected chi connectivity index (χ0v) is 19.7. The average molecular weight is 487 g/mol. The number of hydrogen-bond acceptors (Lipinski definition) is 2. The molecule has 0 radical (unpaired) electrons. The Bertz CT molecular complexity index is 1140. The van der Waals surface area contributed by atoms with Crippen molar-refractivity contribution in [3.05, 3.63) is 99.8 Å². The van der Waals surface area contributed by atoms with Crippen LogP contribution in [0.5, 0.6) is 0 Å². The second-order valence-corrected chi connectivity index (χ2v) is 9.03. The highest BCUT2D eigenvalue weighted by Gasteiger charge is 2.39. The van der Waals surface area contributed by atoms with Crippen molar-refractivity contribution in [3.8, 4) is 0 Å². The minimum atomic E-state index is -0.544. The summed E-state index contributed by atoms with van der Waals surface area (Å²) in [5.41, 5.74) is 2.55. The molecule has 3 aromatic rings. The van der Waals surface area contributed by atoms with E-state index in [1.54, 1.807) is 0 Å². The van der Waals surface area contributed by atoms with Gasteiger partial charge in [0.2, 0.25) is 5.91 Å². The first kappa shape index (κ1) is 22.7. The summed E-state index contributed by atoms with van der Waals surface area (Å²) in [6, 6.07) is 21.6. The van der Waals surface area contributed by atoms with Gasteiger partial charge in [-0.2, -0.15) is 0 Å². The summed E-state index contributed by atoms with van der Waals surface area (Å²) >= 11 is 17.8. The molecule has 0 unspecified atom stereocenters. The van der Waals surface area contributed by atoms with Crippen molar-refractivity contribution in [1.82, 2.24) is 4.90 Å². The molecule has 0 bridgehead atoms. The normalized spacial score (nSPS) is 17.6. The van der Waals surface area contributed by atoms with E-state index in [2.05, 4.69) is 6.92 Å². The number of rotatable bonds is 5. The monoisotopic (exact) mass is 486 g/mol. The van der Waals surface area contributed by atoms with Gasteiger partial charge in [0.05, 0.1) is 22.7 Å². The zero-order chi connectivity index (χ0) is 22.8. The largest absolute Gasteiger partial charge is 0.341 e. The van der Waals surface area contributed by atoms with Crippen molar-refractivity contribution < 1.29 is 9.18 Å². The Morgan fingerprint density at radius 1 is 1.06 bits per heavy atom. The fraction of sp³-hybridized carbons (Fsp3) is 0.200. The lowest BCUT2D eigenvalue weighted by Crippen LogP contribution is -2.57. The van der Waals surface area contributed by atoms with Gasteiger partial charge < -0.3 is 4.90 Å². The van der Waals surface area contributed by atoms with Crippen LogP contribution < -0.4 is 4.90 Å². The van der Waals surface area contributed by atoms with Crippen LogP contribution in [0.4, 0.5) is 10.1 Å². The average Bonchev–Trinajstić information content (AvgIpc) is 2.79. The maximum absolute atomic E-state index is 13.8. The van der Waals surface area contributed by atoms with E-state index in [1.807, 2.05) is 59.5 Å². The van der Waals surface area contributed by atoms with Crippen LogP contribution in [0.25, 0.3) is 0 Å². The van der Waals surface area contributed by atoms with Gasteiger partial charge in [0.1, 0.15) is 5.82 Å². The van der Waals surface area contributed by atoms with E-state index in [1.165, 1.54) is 23.1 Å². The van der Waals surface area contributed by atoms with Gasteiger partial charge in [0.25, 0.3) is 0 Å². The predicted molar refractivity (Wildman–Crippen MR) is 132 cm³/mol. The molecule has 1 heterocycles. The first-order chi connectivity index (χ1) is 15.3. The van der Waals surface area contributed by atoms with Crippen molar-refractivity contribution in [2.75, 3.05) is 11.4 Å². The number of halogens is 3. The van der Waals surface area contributed by atoms with Gasteiger partial charge >= 0.3 is 0 Å². The number of hydrogen-bond donors (Lipinski definition) is 0. The number of carbonyl (C=O) groups excluding carboxylic acids is 1. The van der Waals surface area contributed by atoms with Gasteiger partial charge in [-0.15, -0.1) is 0 Å². The molecule has 2 atom stereocenters. The fourth-order valence-corrected chi connectivity index (χ4v) is 4.68. The van der Waals surface area contributed by atoms with Crippen LogP contribution in [0.2, 0.25) is 10.0 Å². The molecule has 1 saturated heterocycles. The van der Waals surface area contributed by atoms with Crippen LogP contribution in [-0.4, -0.2) is 22.5 Å². The molecule has 7 heteroatoms. The molecule has 3 nitrogen and oxygen atoms in total. The lowest BCUT2D eigenvalue weighted by Gasteiger charge is -2.44. The Labute approximate surface area is 202 Å². The van der Waals surface area contributed by atoms with Gasteiger partial charge in [-0.1, -0.05) is 65.7 Å². The van der Waals surface area contributed by atoms with E-state index in [0.29, 0.717) is 28.8 Å². The summed E-state index contributed by atoms with van der Waals surface area (Å²) in [7, 11) is 0. The number of anilines is 1. The van der Waals surface area contributed by atoms with Gasteiger partial charge in [-0.25, -0.2) is 4.39 Å². The van der Waals surface area contributed by atoms with Crippen LogP contribution in [0, 0.1) is 11.7 Å². The highest BCUT2D eigenvalue weighted by molar-refractivity contribution is 7.80. The molecule has 0 spiro atoms. The number of nitrogens with zero attached hydrogens (tertiary/aromatic N) is 2. The number of thiocarbonyl (C=S) groups is 1. The maximum atomic E-state index is 13.8. The second-order valence-electron chi connectivity index (χ2n) is 7.82. The molecule has 32 heavy (non-hydrogen) atoms. The highest BCUT2D eigenvalue weighted by atomic mass is 35.5. The Morgan fingerprint density at radius 3 is 2.41 bits per heavy atom. The third kappa shape index (κ3) is 4.65.